The molecule has 14 heavy (non-hydrogen) atoms. The summed E-state index contributed by atoms with van der Waals surface area (Å²) < 4.78 is 0. The minimum atomic E-state index is 0.770. The van der Waals surface area contributed by atoms with Gasteiger partial charge in [0.05, 0.1) is 5.29 Å². The van der Waals surface area contributed by atoms with Gasteiger partial charge >= 0.3 is 0 Å². The Bertz CT molecular complexity index is 348. The molecule has 1 saturated heterocycles. The van der Waals surface area contributed by atoms with E-state index in [0.29, 0.717) is 0 Å². The summed E-state index contributed by atoms with van der Waals surface area (Å²) in [6, 6.07) is 9.92. The van der Waals surface area contributed by atoms with Gasteiger partial charge in [-0.25, -0.2) is 0 Å². The molecule has 72 valence electrons. The third-order valence-electron chi connectivity index (χ3n) is 2.32. The fraction of sp³-hybridized carbons (Fsp3) is 0.300. The van der Waals surface area contributed by atoms with Gasteiger partial charge in [-0.2, -0.15) is 0 Å². The Labute approximate surface area is 82.2 Å². The average Bonchev–Trinajstić information content (AvgIpc) is 2.68. The number of para-hydroxylation sites is 1. The first-order chi connectivity index (χ1) is 6.92. The van der Waals surface area contributed by atoms with E-state index in [2.05, 4.69) is 10.4 Å². The van der Waals surface area contributed by atoms with E-state index in [1.54, 1.807) is 0 Å². The Morgan fingerprint density at radius 2 is 2.00 bits per heavy atom. The van der Waals surface area contributed by atoms with E-state index in [1.165, 1.54) is 0 Å². The zero-order valence-corrected chi connectivity index (χ0v) is 7.76. The maximum absolute atomic E-state index is 10.1. The predicted octanol–water partition coefficient (Wildman–Crippen LogP) is 2.37. The van der Waals surface area contributed by atoms with Crippen molar-refractivity contribution in [3.63, 3.8) is 0 Å². The van der Waals surface area contributed by atoms with Crippen LogP contribution >= 0.6 is 0 Å². The largest absolute Gasteiger partial charge is 0.328 e. The highest BCUT2D eigenvalue weighted by molar-refractivity contribution is 5.99. The standard InChI is InChI=1S/C10H11N3O/c14-12-11-10-7-4-8-13(10)9-5-2-1-3-6-9/h1-3,5-6H,4,7-8H2/b11-10+. The van der Waals surface area contributed by atoms with Crippen LogP contribution in [0.3, 0.4) is 0 Å². The molecule has 0 bridgehead atoms. The van der Waals surface area contributed by atoms with Crippen molar-refractivity contribution >= 4 is 11.5 Å². The van der Waals surface area contributed by atoms with Crippen molar-refractivity contribution in [2.24, 2.45) is 10.4 Å². The van der Waals surface area contributed by atoms with E-state index >= 15 is 0 Å². The third kappa shape index (κ3) is 1.64. The number of hydrogen-bond donors (Lipinski definition) is 0. The minimum absolute atomic E-state index is 0.770. The summed E-state index contributed by atoms with van der Waals surface area (Å²) in [4.78, 5) is 12.1. The Balaban J connectivity index is 2.26. The molecule has 1 fully saturated rings. The summed E-state index contributed by atoms with van der Waals surface area (Å²) in [6.07, 6.45) is 1.86. The van der Waals surface area contributed by atoms with Crippen LogP contribution in [0.2, 0.25) is 0 Å². The predicted molar refractivity (Wildman–Crippen MR) is 56.3 cm³/mol. The van der Waals surface area contributed by atoms with E-state index in [4.69, 9.17) is 0 Å². The number of rotatable bonds is 2. The van der Waals surface area contributed by atoms with Gasteiger partial charge < -0.3 is 4.90 Å². The van der Waals surface area contributed by atoms with Crippen LogP contribution in [0.1, 0.15) is 12.8 Å². The first-order valence-corrected chi connectivity index (χ1v) is 4.63. The van der Waals surface area contributed by atoms with Crippen molar-refractivity contribution in [3.05, 3.63) is 35.2 Å². The Morgan fingerprint density at radius 3 is 2.71 bits per heavy atom. The topological polar surface area (TPSA) is 45.0 Å². The van der Waals surface area contributed by atoms with E-state index in [9.17, 15) is 4.91 Å². The molecule has 0 aromatic heterocycles. The molecule has 1 aromatic rings. The lowest BCUT2D eigenvalue weighted by molar-refractivity contribution is 0.956. The Morgan fingerprint density at radius 1 is 1.21 bits per heavy atom. The summed E-state index contributed by atoms with van der Waals surface area (Å²) in [7, 11) is 0. The van der Waals surface area contributed by atoms with Crippen molar-refractivity contribution in [3.8, 4) is 0 Å². The van der Waals surface area contributed by atoms with Crippen molar-refractivity contribution < 1.29 is 0 Å². The fourth-order valence-electron chi connectivity index (χ4n) is 1.70. The van der Waals surface area contributed by atoms with Gasteiger partial charge in [-0.15, -0.1) is 4.91 Å². The lowest BCUT2D eigenvalue weighted by atomic mass is 10.3. The van der Waals surface area contributed by atoms with Crippen LogP contribution in [0.5, 0.6) is 0 Å². The summed E-state index contributed by atoms with van der Waals surface area (Å²) in [5.41, 5.74) is 1.08. The summed E-state index contributed by atoms with van der Waals surface area (Å²) >= 11 is 0. The lowest BCUT2D eigenvalue weighted by Gasteiger charge is -2.17. The van der Waals surface area contributed by atoms with Gasteiger partial charge in [0.25, 0.3) is 0 Å². The maximum Gasteiger partial charge on any atom is 0.135 e. The van der Waals surface area contributed by atoms with Crippen LogP contribution in [0, 0.1) is 4.91 Å². The van der Waals surface area contributed by atoms with Crippen molar-refractivity contribution in [1.29, 1.82) is 0 Å². The van der Waals surface area contributed by atoms with Crippen molar-refractivity contribution in [2.45, 2.75) is 12.8 Å². The number of anilines is 1. The van der Waals surface area contributed by atoms with Gasteiger partial charge in [-0.05, 0) is 18.6 Å². The van der Waals surface area contributed by atoms with Gasteiger partial charge in [-0.1, -0.05) is 23.3 Å². The first kappa shape index (κ1) is 8.87. The molecule has 0 unspecified atom stereocenters. The molecule has 0 radical (unpaired) electrons. The quantitative estimate of drug-likeness (QED) is 0.529. The Hall–Kier alpha value is -1.71. The van der Waals surface area contributed by atoms with Crippen LogP contribution in [-0.4, -0.2) is 12.4 Å². The lowest BCUT2D eigenvalue weighted by Crippen LogP contribution is -2.23. The molecular formula is C10H11N3O. The zero-order chi connectivity index (χ0) is 9.80. The van der Waals surface area contributed by atoms with Crippen LogP contribution in [0.4, 0.5) is 5.69 Å². The molecular weight excluding hydrogens is 178 g/mol. The van der Waals surface area contributed by atoms with Crippen LogP contribution in [0.15, 0.2) is 40.7 Å². The normalized spacial score (nSPS) is 18.9. The van der Waals surface area contributed by atoms with Gasteiger partial charge in [0, 0.05) is 18.7 Å². The van der Waals surface area contributed by atoms with Gasteiger partial charge in [-0.3, -0.25) is 0 Å². The zero-order valence-electron chi connectivity index (χ0n) is 7.76. The number of amidine groups is 1. The maximum atomic E-state index is 10.1. The molecule has 1 heterocycles. The highest BCUT2D eigenvalue weighted by Crippen LogP contribution is 2.21. The molecule has 2 rings (SSSR count). The molecule has 0 spiro atoms. The highest BCUT2D eigenvalue weighted by atomic mass is 16.3. The summed E-state index contributed by atoms with van der Waals surface area (Å²) in [5, 5.41) is 6.18. The summed E-state index contributed by atoms with van der Waals surface area (Å²) in [5.74, 6) is 0.770. The van der Waals surface area contributed by atoms with E-state index < -0.39 is 0 Å². The molecule has 0 amide bonds. The smallest absolute Gasteiger partial charge is 0.135 e. The second kappa shape index (κ2) is 4.00. The molecule has 1 aliphatic heterocycles. The van der Waals surface area contributed by atoms with Gasteiger partial charge in [0.1, 0.15) is 5.84 Å². The van der Waals surface area contributed by atoms with E-state index in [1.807, 2.05) is 35.2 Å². The second-order valence-electron chi connectivity index (χ2n) is 3.19. The number of hydrogen-bond acceptors (Lipinski definition) is 2. The molecule has 4 nitrogen and oxygen atoms in total. The molecule has 0 N–H and O–H groups in total. The second-order valence-corrected chi connectivity index (χ2v) is 3.19. The molecule has 1 aliphatic rings. The van der Waals surface area contributed by atoms with Crippen LogP contribution in [-0.2, 0) is 0 Å². The van der Waals surface area contributed by atoms with Crippen LogP contribution < -0.4 is 4.90 Å². The van der Waals surface area contributed by atoms with Gasteiger partial charge in [0.2, 0.25) is 0 Å². The monoisotopic (exact) mass is 189 g/mol. The molecule has 4 heteroatoms. The van der Waals surface area contributed by atoms with E-state index in [0.717, 1.165) is 30.9 Å². The number of nitrogens with zero attached hydrogens (tertiary/aromatic N) is 3. The fourth-order valence-corrected chi connectivity index (χ4v) is 1.70. The SMILES string of the molecule is O=N/N=C1\CCCN1c1ccccc1. The molecule has 1 aromatic carbocycles. The van der Waals surface area contributed by atoms with Gasteiger partial charge in [0.15, 0.2) is 0 Å². The Kier molecular flexibility index (Phi) is 2.53. The first-order valence-electron chi connectivity index (χ1n) is 4.63. The number of benzene rings is 1. The van der Waals surface area contributed by atoms with Crippen molar-refractivity contribution in [1.82, 2.24) is 0 Å². The van der Waals surface area contributed by atoms with Crippen molar-refractivity contribution in [2.75, 3.05) is 11.4 Å². The summed E-state index contributed by atoms with van der Waals surface area (Å²) in [6.45, 7) is 0.915. The average molecular weight is 189 g/mol. The number of nitroso groups, excluding NO2 is 1. The highest BCUT2D eigenvalue weighted by Gasteiger charge is 2.19. The van der Waals surface area contributed by atoms with Crippen LogP contribution in [0.25, 0.3) is 0 Å². The molecule has 0 aliphatic carbocycles. The molecule has 0 atom stereocenters. The molecule has 0 saturated carbocycles. The minimum Gasteiger partial charge on any atom is -0.328 e. The third-order valence-corrected chi connectivity index (χ3v) is 2.32. The van der Waals surface area contributed by atoms with E-state index in [-0.39, 0.29) is 0 Å².